The van der Waals surface area contributed by atoms with Gasteiger partial charge < -0.3 is 63.8 Å². The molecule has 1 saturated carbocycles. The maximum atomic E-state index is 13.9. The molecule has 1 aromatic carbocycles. The summed E-state index contributed by atoms with van der Waals surface area (Å²) in [6, 6.07) is 3.96. The maximum Gasteiger partial charge on any atom is 0.316 e. The number of aliphatic hydroxyl groups is 5. The molecule has 15 atom stereocenters. The molecule has 308 valence electrons. The van der Waals surface area contributed by atoms with Gasteiger partial charge in [-0.15, -0.1) is 0 Å². The Labute approximate surface area is 323 Å². The van der Waals surface area contributed by atoms with Gasteiger partial charge in [0.05, 0.1) is 72.8 Å². The molecule has 3 aliphatic carbocycles. The number of hydrogen-bond acceptors (Lipinski definition) is 16. The fraction of sp³-hybridized carbons (Fsp3) is 0.675. The number of aliphatic hydroxyl groups excluding tert-OH is 4. The Morgan fingerprint density at radius 1 is 0.804 bits per heavy atom. The van der Waals surface area contributed by atoms with Crippen LogP contribution in [0.1, 0.15) is 93.4 Å². The molecule has 0 radical (unpaired) electrons. The highest BCUT2D eigenvalue weighted by molar-refractivity contribution is 6.19. The first-order valence-corrected chi connectivity index (χ1v) is 19.4. The minimum Gasteiger partial charge on any atom is -0.511 e. The van der Waals surface area contributed by atoms with Crippen molar-refractivity contribution < 1.29 is 78.2 Å². The summed E-state index contributed by atoms with van der Waals surface area (Å²) in [6.07, 6.45) is -6.13. The van der Waals surface area contributed by atoms with Gasteiger partial charge in [-0.25, -0.2) is 0 Å². The highest BCUT2D eigenvalue weighted by atomic mass is 16.7. The zero-order valence-corrected chi connectivity index (χ0v) is 32.0. The van der Waals surface area contributed by atoms with E-state index in [0.29, 0.717) is 19.3 Å². The first kappa shape index (κ1) is 40.7. The van der Waals surface area contributed by atoms with E-state index in [9.17, 15) is 45.0 Å². The van der Waals surface area contributed by atoms with Crippen molar-refractivity contribution in [3.63, 3.8) is 0 Å². The molecule has 6 aliphatic rings. The molecule has 56 heavy (non-hydrogen) atoms. The van der Waals surface area contributed by atoms with Crippen LogP contribution < -0.4 is 0 Å². The van der Waals surface area contributed by atoms with Gasteiger partial charge >= 0.3 is 5.97 Å². The number of fused-ring (bicyclic) bond motifs is 3. The van der Waals surface area contributed by atoms with E-state index in [1.165, 1.54) is 18.2 Å². The van der Waals surface area contributed by atoms with Gasteiger partial charge in [-0.3, -0.25) is 14.4 Å². The van der Waals surface area contributed by atoms with Crippen molar-refractivity contribution in [1.82, 2.24) is 0 Å². The van der Waals surface area contributed by atoms with E-state index in [0.717, 1.165) is 7.11 Å². The summed E-state index contributed by atoms with van der Waals surface area (Å²) in [5, 5.41) is 67.4. The summed E-state index contributed by atoms with van der Waals surface area (Å²) in [7, 11) is 1.11. The zero-order valence-electron chi connectivity index (χ0n) is 32.0. The number of rotatable bonds is 8. The van der Waals surface area contributed by atoms with Crippen molar-refractivity contribution in [2.24, 2.45) is 17.8 Å². The number of aromatic hydroxyl groups is 1. The number of phenols is 1. The van der Waals surface area contributed by atoms with Crippen LogP contribution in [0.5, 0.6) is 5.75 Å². The Kier molecular flexibility index (Phi) is 11.4. The lowest BCUT2D eigenvalue weighted by molar-refractivity contribution is -0.321. The van der Waals surface area contributed by atoms with Gasteiger partial charge in [-0.05, 0) is 46.1 Å². The van der Waals surface area contributed by atoms with Crippen LogP contribution in [-0.4, -0.2) is 129 Å². The monoisotopic (exact) mass is 788 g/mol. The van der Waals surface area contributed by atoms with Crippen LogP contribution in [0.2, 0.25) is 0 Å². The van der Waals surface area contributed by atoms with Crippen LogP contribution in [-0.2, 0) is 38.0 Å². The molecule has 0 amide bonds. The lowest BCUT2D eigenvalue weighted by Gasteiger charge is -2.49. The standard InChI is InChI=1S/C40H52O16/c1-6-40(49)15-24(29-30(33(40)39(48)50-5)37(47)31-32(36(29)46)35(45)28-19(34(31)44)8-7-9-21(28)42)55-25-13-11-23(17(3)52-25)54-27-14-22(43)38(18(4)53-27)56-26-12-10-20(41)16(2)51-26/h7-9,16-18,20,22-27,31-33,38,41-43,46-47,49H,6,10-15H2,1-5H3. The predicted molar refractivity (Wildman–Crippen MR) is 191 cm³/mol. The summed E-state index contributed by atoms with van der Waals surface area (Å²) in [5.41, 5.74) is -2.70. The van der Waals surface area contributed by atoms with Gasteiger partial charge in [0.15, 0.2) is 30.4 Å². The van der Waals surface area contributed by atoms with E-state index in [1.54, 1.807) is 27.7 Å². The number of phenolic OH excluding ortho intramolecular Hbond substituents is 1. The van der Waals surface area contributed by atoms with E-state index < -0.39 is 126 Å². The van der Waals surface area contributed by atoms with Gasteiger partial charge in [0.25, 0.3) is 0 Å². The minimum atomic E-state index is -1.87. The first-order valence-electron chi connectivity index (χ1n) is 19.4. The van der Waals surface area contributed by atoms with Crippen molar-refractivity contribution in [1.29, 1.82) is 0 Å². The van der Waals surface area contributed by atoms with Crippen LogP contribution in [0, 0.1) is 17.8 Å². The van der Waals surface area contributed by atoms with Gasteiger partial charge in [0.2, 0.25) is 0 Å². The second kappa shape index (κ2) is 15.7. The summed E-state index contributed by atoms with van der Waals surface area (Å²) < 4.78 is 41.9. The molecular weight excluding hydrogens is 736 g/mol. The van der Waals surface area contributed by atoms with Gasteiger partial charge in [-0.1, -0.05) is 19.1 Å². The molecule has 3 saturated heterocycles. The van der Waals surface area contributed by atoms with Gasteiger partial charge in [0, 0.05) is 42.4 Å². The molecule has 6 N–H and O–H groups in total. The van der Waals surface area contributed by atoms with Gasteiger partial charge in [0.1, 0.15) is 29.3 Å². The lowest BCUT2D eigenvalue weighted by atomic mass is 9.59. The normalized spacial score (nSPS) is 41.5. The smallest absolute Gasteiger partial charge is 0.316 e. The molecule has 4 fully saturated rings. The molecule has 3 aliphatic heterocycles. The Bertz CT molecular complexity index is 1760. The largest absolute Gasteiger partial charge is 0.511 e. The number of benzene rings is 1. The Morgan fingerprint density at radius 3 is 2.11 bits per heavy atom. The number of methoxy groups -OCH3 is 1. The van der Waals surface area contributed by atoms with Crippen LogP contribution >= 0.6 is 0 Å². The van der Waals surface area contributed by atoms with Crippen molar-refractivity contribution in [3.8, 4) is 5.75 Å². The molecule has 16 heteroatoms. The Hall–Kier alpha value is -3.45. The van der Waals surface area contributed by atoms with Crippen LogP contribution in [0.15, 0.2) is 40.9 Å². The first-order chi connectivity index (χ1) is 26.6. The number of Topliss-reactive ketones (excluding diaryl/α,β-unsaturated/α-hetero) is 2. The average Bonchev–Trinajstić information content (AvgIpc) is 3.15. The molecule has 0 aromatic heterocycles. The van der Waals surface area contributed by atoms with Crippen molar-refractivity contribution in [3.05, 3.63) is 52.0 Å². The highest BCUT2D eigenvalue weighted by Crippen LogP contribution is 2.54. The second-order valence-electron chi connectivity index (χ2n) is 15.8. The number of hydrogen-bond donors (Lipinski definition) is 6. The number of ether oxygens (including phenoxy) is 7. The highest BCUT2D eigenvalue weighted by Gasteiger charge is 2.60. The minimum absolute atomic E-state index is 0.0134. The number of carbonyl (C=O) groups is 3. The third-order valence-electron chi connectivity index (χ3n) is 12.4. The molecule has 1 aromatic rings. The molecular formula is C40H52O16. The Balaban J connectivity index is 1.08. The SMILES string of the molecule is CCC1(O)CC(OC2CCC(OC3CC(O)C(OC4CCC(O)C(C)O4)C(C)O3)C(C)O2)C2=C(O)C3C(=O)c4c(O)cccc4C(=O)C3C(O)=C2C1C(=O)OC. The van der Waals surface area contributed by atoms with Crippen LogP contribution in [0.4, 0.5) is 0 Å². The summed E-state index contributed by atoms with van der Waals surface area (Å²) in [6.45, 7) is 6.95. The lowest BCUT2D eigenvalue weighted by Crippen LogP contribution is -2.56. The number of esters is 1. The van der Waals surface area contributed by atoms with Crippen LogP contribution in [0.25, 0.3) is 0 Å². The van der Waals surface area contributed by atoms with E-state index in [-0.39, 0.29) is 48.0 Å². The third kappa shape index (κ3) is 7.06. The quantitative estimate of drug-likeness (QED) is 0.208. The van der Waals surface area contributed by atoms with Crippen molar-refractivity contribution >= 4 is 17.5 Å². The zero-order chi connectivity index (χ0) is 40.4. The number of allylic oxidation sites excluding steroid dienone is 2. The average molecular weight is 789 g/mol. The molecule has 0 bridgehead atoms. The van der Waals surface area contributed by atoms with Crippen molar-refractivity contribution in [2.75, 3.05) is 7.11 Å². The molecule has 0 spiro atoms. The van der Waals surface area contributed by atoms with E-state index in [2.05, 4.69) is 0 Å². The second-order valence-corrected chi connectivity index (χ2v) is 15.8. The third-order valence-corrected chi connectivity index (χ3v) is 12.4. The van der Waals surface area contributed by atoms with E-state index >= 15 is 0 Å². The fourth-order valence-electron chi connectivity index (χ4n) is 9.28. The van der Waals surface area contributed by atoms with E-state index in [4.69, 9.17) is 33.2 Å². The fourth-order valence-corrected chi connectivity index (χ4v) is 9.28. The van der Waals surface area contributed by atoms with Crippen molar-refractivity contribution in [2.45, 2.75) is 146 Å². The number of carbonyl (C=O) groups excluding carboxylic acids is 3. The molecule has 15 unspecified atom stereocenters. The molecule has 3 heterocycles. The van der Waals surface area contributed by atoms with Crippen LogP contribution in [0.3, 0.4) is 0 Å². The molecule has 16 nitrogen and oxygen atoms in total. The molecule has 7 rings (SSSR count). The Morgan fingerprint density at radius 2 is 1.45 bits per heavy atom. The maximum absolute atomic E-state index is 13.9. The van der Waals surface area contributed by atoms with Gasteiger partial charge in [-0.2, -0.15) is 0 Å². The summed E-state index contributed by atoms with van der Waals surface area (Å²) >= 11 is 0. The summed E-state index contributed by atoms with van der Waals surface area (Å²) in [4.78, 5) is 41.1. The summed E-state index contributed by atoms with van der Waals surface area (Å²) in [5.74, 6) is -9.04. The van der Waals surface area contributed by atoms with E-state index in [1.807, 2.05) is 0 Å². The topological polar surface area (TPSA) is 237 Å². The predicted octanol–water partition coefficient (Wildman–Crippen LogP) is 3.04. The number of ketones is 2.